The molecule has 4 heteroatoms. The van der Waals surface area contributed by atoms with Gasteiger partial charge in [0.2, 0.25) is 0 Å². The summed E-state index contributed by atoms with van der Waals surface area (Å²) < 4.78 is 0. The highest BCUT2D eigenvalue weighted by Crippen LogP contribution is 2.26. The fourth-order valence-electron chi connectivity index (χ4n) is 2.41. The van der Waals surface area contributed by atoms with Crippen molar-refractivity contribution in [3.63, 3.8) is 0 Å². The van der Waals surface area contributed by atoms with Crippen LogP contribution in [0.5, 0.6) is 0 Å². The molecule has 0 saturated heterocycles. The highest BCUT2D eigenvalue weighted by molar-refractivity contribution is 5.90. The zero-order valence-electron chi connectivity index (χ0n) is 11.8. The number of benzene rings is 2. The molecule has 2 N–H and O–H groups in total. The third kappa shape index (κ3) is 2.31. The van der Waals surface area contributed by atoms with Gasteiger partial charge in [-0.3, -0.25) is 0 Å². The van der Waals surface area contributed by atoms with Crippen LogP contribution in [0.1, 0.15) is 0 Å². The van der Waals surface area contributed by atoms with Gasteiger partial charge < -0.3 is 10.3 Å². The van der Waals surface area contributed by atoms with Gasteiger partial charge >= 0.3 is 0 Å². The molecule has 0 atom stereocenters. The van der Waals surface area contributed by atoms with Crippen molar-refractivity contribution in [1.29, 1.82) is 0 Å². The predicted molar refractivity (Wildman–Crippen MR) is 89.0 cm³/mol. The first-order valence-electron chi connectivity index (χ1n) is 7.13. The van der Waals surface area contributed by atoms with Crippen LogP contribution in [-0.2, 0) is 0 Å². The second kappa shape index (κ2) is 5.33. The number of fused-ring (bicyclic) bond motifs is 1. The van der Waals surface area contributed by atoms with Crippen LogP contribution >= 0.6 is 0 Å². The molecule has 0 bridgehead atoms. The smallest absolute Gasteiger partial charge is 0.163 e. The van der Waals surface area contributed by atoms with E-state index in [9.17, 15) is 0 Å². The largest absolute Gasteiger partial charge is 0.346 e. The molecule has 0 aliphatic carbocycles. The lowest BCUT2D eigenvalue weighted by atomic mass is 10.2. The van der Waals surface area contributed by atoms with Crippen LogP contribution in [-0.4, -0.2) is 15.0 Å². The van der Waals surface area contributed by atoms with Gasteiger partial charge in [0.05, 0.1) is 5.39 Å². The summed E-state index contributed by atoms with van der Waals surface area (Å²) in [5, 5.41) is 4.35. The molecule has 4 nitrogen and oxygen atoms in total. The highest BCUT2D eigenvalue weighted by atomic mass is 15.1. The van der Waals surface area contributed by atoms with Crippen molar-refractivity contribution in [2.45, 2.75) is 0 Å². The molecular formula is C18H14N4. The van der Waals surface area contributed by atoms with E-state index in [1.807, 2.05) is 72.9 Å². The minimum Gasteiger partial charge on any atom is -0.346 e. The zero-order chi connectivity index (χ0) is 14.8. The molecule has 4 aromatic rings. The number of rotatable bonds is 3. The van der Waals surface area contributed by atoms with Crippen molar-refractivity contribution < 1.29 is 0 Å². The monoisotopic (exact) mass is 286 g/mol. The van der Waals surface area contributed by atoms with E-state index in [2.05, 4.69) is 15.3 Å². The summed E-state index contributed by atoms with van der Waals surface area (Å²) in [5.41, 5.74) is 2.82. The average molecular weight is 286 g/mol. The fourth-order valence-corrected chi connectivity index (χ4v) is 2.41. The normalized spacial score (nSPS) is 10.7. The number of H-pyrrole nitrogens is 1. The number of nitrogens with zero attached hydrogens (tertiary/aromatic N) is 2. The van der Waals surface area contributed by atoms with Crippen molar-refractivity contribution in [2.24, 2.45) is 0 Å². The number of aromatic amines is 1. The minimum atomic E-state index is 0.703. The van der Waals surface area contributed by atoms with Gasteiger partial charge in [0.15, 0.2) is 5.82 Å². The number of aromatic nitrogens is 3. The van der Waals surface area contributed by atoms with E-state index in [0.29, 0.717) is 5.82 Å². The summed E-state index contributed by atoms with van der Waals surface area (Å²) in [7, 11) is 0. The molecule has 0 unspecified atom stereocenters. The molecule has 2 aromatic carbocycles. The summed E-state index contributed by atoms with van der Waals surface area (Å²) in [6, 6.07) is 22.0. The Kier molecular flexibility index (Phi) is 3.05. The molecule has 0 fully saturated rings. The van der Waals surface area contributed by atoms with Crippen LogP contribution in [0.2, 0.25) is 0 Å². The molecule has 0 radical (unpaired) electrons. The third-order valence-electron chi connectivity index (χ3n) is 3.48. The molecule has 0 amide bonds. The van der Waals surface area contributed by atoms with Crippen molar-refractivity contribution in [1.82, 2.24) is 15.0 Å². The second-order valence-corrected chi connectivity index (χ2v) is 4.99. The lowest BCUT2D eigenvalue weighted by Crippen LogP contribution is -1.98. The second-order valence-electron chi connectivity index (χ2n) is 4.99. The average Bonchev–Trinajstić information content (AvgIpc) is 3.05. The van der Waals surface area contributed by atoms with E-state index in [0.717, 1.165) is 28.1 Å². The molecule has 2 aromatic heterocycles. The Balaban J connectivity index is 1.84. The van der Waals surface area contributed by atoms with E-state index in [1.54, 1.807) is 0 Å². The summed E-state index contributed by atoms with van der Waals surface area (Å²) in [4.78, 5) is 12.5. The quantitative estimate of drug-likeness (QED) is 0.588. The van der Waals surface area contributed by atoms with E-state index in [4.69, 9.17) is 4.98 Å². The number of anilines is 2. The molecule has 22 heavy (non-hydrogen) atoms. The lowest BCUT2D eigenvalue weighted by molar-refractivity contribution is 1.20. The summed E-state index contributed by atoms with van der Waals surface area (Å²) in [5.74, 6) is 1.50. The maximum atomic E-state index is 4.70. The molecule has 0 aliphatic rings. The Labute approximate surface area is 127 Å². The first-order chi connectivity index (χ1) is 10.9. The van der Waals surface area contributed by atoms with Gasteiger partial charge in [-0.15, -0.1) is 0 Å². The van der Waals surface area contributed by atoms with Crippen LogP contribution in [0, 0.1) is 0 Å². The van der Waals surface area contributed by atoms with Crippen LogP contribution in [0.15, 0.2) is 72.9 Å². The van der Waals surface area contributed by atoms with Crippen LogP contribution in [0.25, 0.3) is 22.4 Å². The van der Waals surface area contributed by atoms with Gasteiger partial charge in [-0.05, 0) is 18.2 Å². The van der Waals surface area contributed by atoms with E-state index in [-0.39, 0.29) is 0 Å². The number of para-hydroxylation sites is 1. The van der Waals surface area contributed by atoms with Crippen LogP contribution < -0.4 is 5.32 Å². The molecular weight excluding hydrogens is 272 g/mol. The standard InChI is InChI=1S/C18H14N4/c1-3-7-13(8-4-1)16-21-17-15(11-12-19-17)18(22-16)20-14-9-5-2-6-10-14/h1-12H,(H2,19,20,21,22). The van der Waals surface area contributed by atoms with Gasteiger partial charge in [0.25, 0.3) is 0 Å². The van der Waals surface area contributed by atoms with Crippen molar-refractivity contribution in [3.8, 4) is 11.4 Å². The molecule has 0 aliphatic heterocycles. The highest BCUT2D eigenvalue weighted by Gasteiger charge is 2.10. The van der Waals surface area contributed by atoms with E-state index < -0.39 is 0 Å². The van der Waals surface area contributed by atoms with Gasteiger partial charge in [-0.2, -0.15) is 0 Å². The maximum Gasteiger partial charge on any atom is 0.163 e. The summed E-state index contributed by atoms with van der Waals surface area (Å²) in [6.45, 7) is 0. The molecule has 106 valence electrons. The van der Waals surface area contributed by atoms with Crippen molar-refractivity contribution in [2.75, 3.05) is 5.32 Å². The number of hydrogen-bond acceptors (Lipinski definition) is 3. The predicted octanol–water partition coefficient (Wildman–Crippen LogP) is 4.37. The molecule has 4 rings (SSSR count). The molecule has 2 heterocycles. The Bertz CT molecular complexity index is 898. The minimum absolute atomic E-state index is 0.703. The van der Waals surface area contributed by atoms with Crippen LogP contribution in [0.3, 0.4) is 0 Å². The van der Waals surface area contributed by atoms with E-state index in [1.165, 1.54) is 0 Å². The fraction of sp³-hybridized carbons (Fsp3) is 0. The van der Waals surface area contributed by atoms with Crippen molar-refractivity contribution in [3.05, 3.63) is 72.9 Å². The Morgan fingerprint density at radius 1 is 0.773 bits per heavy atom. The van der Waals surface area contributed by atoms with Crippen molar-refractivity contribution >= 4 is 22.5 Å². The zero-order valence-corrected chi connectivity index (χ0v) is 11.8. The van der Waals surface area contributed by atoms with Gasteiger partial charge in [0, 0.05) is 17.4 Å². The van der Waals surface area contributed by atoms with Gasteiger partial charge in [0.1, 0.15) is 11.5 Å². The summed E-state index contributed by atoms with van der Waals surface area (Å²) in [6.07, 6.45) is 1.88. The first kappa shape index (κ1) is 12.6. The Morgan fingerprint density at radius 2 is 1.50 bits per heavy atom. The van der Waals surface area contributed by atoms with Gasteiger partial charge in [-0.25, -0.2) is 9.97 Å². The SMILES string of the molecule is c1ccc(Nc2nc(-c3ccccc3)nc3[nH]ccc23)cc1. The molecule has 0 saturated carbocycles. The third-order valence-corrected chi connectivity index (χ3v) is 3.48. The maximum absolute atomic E-state index is 4.70. The number of hydrogen-bond donors (Lipinski definition) is 2. The van der Waals surface area contributed by atoms with E-state index >= 15 is 0 Å². The molecule has 0 spiro atoms. The number of nitrogens with one attached hydrogen (secondary N) is 2. The first-order valence-corrected chi connectivity index (χ1v) is 7.13. The van der Waals surface area contributed by atoms with Crippen LogP contribution in [0.4, 0.5) is 11.5 Å². The summed E-state index contributed by atoms with van der Waals surface area (Å²) >= 11 is 0. The Morgan fingerprint density at radius 3 is 2.27 bits per heavy atom. The lowest BCUT2D eigenvalue weighted by Gasteiger charge is -2.09. The Hall–Kier alpha value is -3.14. The topological polar surface area (TPSA) is 53.6 Å². The van der Waals surface area contributed by atoms with Gasteiger partial charge in [-0.1, -0.05) is 48.5 Å².